The SMILES string of the molecule is COC(=O)N1CCC(Nc2ccc(-c3cc(C)c(C)c(C)c3)c(COC3CCCC3)c2)(C(=O)O)CC1. The molecule has 2 fully saturated rings. The first-order valence-corrected chi connectivity index (χ1v) is 12.9. The van der Waals surface area contributed by atoms with Gasteiger partial charge in [0.05, 0.1) is 19.8 Å². The molecule has 1 aliphatic carbocycles. The van der Waals surface area contributed by atoms with Gasteiger partial charge in [-0.3, -0.25) is 0 Å². The number of carboxylic acid groups (broad SMARTS) is 1. The van der Waals surface area contributed by atoms with E-state index in [-0.39, 0.29) is 6.10 Å². The Morgan fingerprint density at radius 1 is 1.06 bits per heavy atom. The number of methoxy groups -OCH3 is 1. The zero-order valence-electron chi connectivity index (χ0n) is 21.9. The van der Waals surface area contributed by atoms with Crippen molar-refractivity contribution in [1.82, 2.24) is 4.90 Å². The summed E-state index contributed by atoms with van der Waals surface area (Å²) in [5.74, 6) is -0.912. The van der Waals surface area contributed by atoms with Crippen LogP contribution in [0.25, 0.3) is 11.1 Å². The minimum atomic E-state index is -1.15. The lowest BCUT2D eigenvalue weighted by molar-refractivity contribution is -0.144. The third kappa shape index (κ3) is 5.51. The average molecular weight is 495 g/mol. The van der Waals surface area contributed by atoms with Crippen LogP contribution in [0.3, 0.4) is 0 Å². The van der Waals surface area contributed by atoms with Crippen LogP contribution in [0.15, 0.2) is 30.3 Å². The van der Waals surface area contributed by atoms with Crippen LogP contribution < -0.4 is 5.32 Å². The number of amides is 1. The highest BCUT2D eigenvalue weighted by atomic mass is 16.5. The van der Waals surface area contributed by atoms with Gasteiger partial charge in [0.25, 0.3) is 0 Å². The fraction of sp³-hybridized carbons (Fsp3) is 0.517. The minimum Gasteiger partial charge on any atom is -0.480 e. The number of nitrogens with one attached hydrogen (secondary N) is 1. The molecule has 2 aromatic rings. The lowest BCUT2D eigenvalue weighted by Crippen LogP contribution is -2.55. The van der Waals surface area contributed by atoms with Crippen molar-refractivity contribution >= 4 is 17.7 Å². The Morgan fingerprint density at radius 3 is 2.28 bits per heavy atom. The van der Waals surface area contributed by atoms with E-state index >= 15 is 0 Å². The van der Waals surface area contributed by atoms with Gasteiger partial charge in [-0.25, -0.2) is 9.59 Å². The maximum atomic E-state index is 12.4. The summed E-state index contributed by atoms with van der Waals surface area (Å²) in [6, 6.07) is 10.5. The number of aliphatic carboxylic acids is 1. The number of ether oxygens (including phenoxy) is 2. The van der Waals surface area contributed by atoms with Gasteiger partial charge in [0, 0.05) is 18.8 Å². The number of carbonyl (C=O) groups is 2. The lowest BCUT2D eigenvalue weighted by Gasteiger charge is -2.39. The van der Waals surface area contributed by atoms with Crippen molar-refractivity contribution in [3.8, 4) is 11.1 Å². The fourth-order valence-electron chi connectivity index (χ4n) is 5.40. The molecule has 7 nitrogen and oxygen atoms in total. The van der Waals surface area contributed by atoms with Gasteiger partial charge >= 0.3 is 12.1 Å². The predicted molar refractivity (Wildman–Crippen MR) is 140 cm³/mol. The van der Waals surface area contributed by atoms with E-state index < -0.39 is 17.6 Å². The van der Waals surface area contributed by atoms with Crippen molar-refractivity contribution in [2.75, 3.05) is 25.5 Å². The second kappa shape index (κ2) is 10.9. The number of benzene rings is 2. The zero-order chi connectivity index (χ0) is 25.9. The number of nitrogens with zero attached hydrogens (tertiary/aromatic N) is 1. The Balaban J connectivity index is 1.63. The van der Waals surface area contributed by atoms with E-state index in [0.29, 0.717) is 32.5 Å². The number of anilines is 1. The molecule has 2 aliphatic rings. The van der Waals surface area contributed by atoms with E-state index in [1.165, 1.54) is 36.6 Å². The first-order chi connectivity index (χ1) is 17.2. The van der Waals surface area contributed by atoms with E-state index in [4.69, 9.17) is 9.47 Å². The van der Waals surface area contributed by atoms with E-state index in [2.05, 4.69) is 44.3 Å². The van der Waals surface area contributed by atoms with Crippen LogP contribution in [0.2, 0.25) is 0 Å². The van der Waals surface area contributed by atoms with Crippen LogP contribution in [-0.4, -0.2) is 53.9 Å². The molecular weight excluding hydrogens is 456 g/mol. The molecule has 1 saturated carbocycles. The number of hydrogen-bond acceptors (Lipinski definition) is 5. The Hall–Kier alpha value is -3.06. The number of likely N-dealkylation sites (tertiary alicyclic amines) is 1. The molecule has 0 atom stereocenters. The Labute approximate surface area is 213 Å². The summed E-state index contributed by atoms with van der Waals surface area (Å²) in [7, 11) is 1.34. The highest BCUT2D eigenvalue weighted by molar-refractivity contribution is 5.84. The fourth-order valence-corrected chi connectivity index (χ4v) is 5.40. The number of carbonyl (C=O) groups excluding carboxylic acids is 1. The second-order valence-electron chi connectivity index (χ2n) is 10.3. The summed E-state index contributed by atoms with van der Waals surface area (Å²) in [6.07, 6.45) is 5.05. The van der Waals surface area contributed by atoms with Crippen molar-refractivity contribution in [1.29, 1.82) is 0 Å². The maximum absolute atomic E-state index is 12.4. The average Bonchev–Trinajstić information content (AvgIpc) is 3.39. The number of rotatable bonds is 7. The zero-order valence-corrected chi connectivity index (χ0v) is 21.9. The highest BCUT2D eigenvalue weighted by Crippen LogP contribution is 2.34. The molecule has 2 aromatic carbocycles. The molecule has 0 bridgehead atoms. The van der Waals surface area contributed by atoms with Crippen molar-refractivity contribution in [2.45, 2.75) is 77.5 Å². The van der Waals surface area contributed by atoms with Crippen LogP contribution in [0.4, 0.5) is 10.5 Å². The molecule has 4 rings (SSSR count). The molecule has 0 unspecified atom stereocenters. The van der Waals surface area contributed by atoms with Crippen LogP contribution >= 0.6 is 0 Å². The molecule has 2 N–H and O–H groups in total. The number of aryl methyl sites for hydroxylation is 2. The smallest absolute Gasteiger partial charge is 0.409 e. The Bertz CT molecular complexity index is 1090. The molecule has 194 valence electrons. The monoisotopic (exact) mass is 494 g/mol. The minimum absolute atomic E-state index is 0.281. The van der Waals surface area contributed by atoms with Gasteiger partial charge < -0.3 is 24.8 Å². The molecule has 1 saturated heterocycles. The van der Waals surface area contributed by atoms with Gasteiger partial charge in [-0.05, 0) is 92.0 Å². The normalized spacial score (nSPS) is 17.7. The number of hydrogen-bond donors (Lipinski definition) is 2. The summed E-state index contributed by atoms with van der Waals surface area (Å²) in [5.41, 5.74) is 6.69. The number of piperidine rings is 1. The molecule has 7 heteroatoms. The lowest BCUT2D eigenvalue weighted by atomic mass is 9.87. The third-order valence-electron chi connectivity index (χ3n) is 7.96. The summed E-state index contributed by atoms with van der Waals surface area (Å²) in [5, 5.41) is 13.5. The van der Waals surface area contributed by atoms with Crippen molar-refractivity contribution < 1.29 is 24.2 Å². The van der Waals surface area contributed by atoms with Gasteiger partial charge in [-0.1, -0.05) is 31.0 Å². The Morgan fingerprint density at radius 2 is 1.69 bits per heavy atom. The largest absolute Gasteiger partial charge is 0.480 e. The molecular formula is C29H38N2O5. The van der Waals surface area contributed by atoms with E-state index in [1.807, 2.05) is 12.1 Å². The van der Waals surface area contributed by atoms with Gasteiger partial charge in [0.2, 0.25) is 0 Å². The Kier molecular flexibility index (Phi) is 7.88. The molecule has 36 heavy (non-hydrogen) atoms. The third-order valence-corrected chi connectivity index (χ3v) is 7.96. The first kappa shape index (κ1) is 26.0. The molecule has 1 aliphatic heterocycles. The van der Waals surface area contributed by atoms with Crippen molar-refractivity contribution in [3.63, 3.8) is 0 Å². The second-order valence-corrected chi connectivity index (χ2v) is 10.3. The summed E-state index contributed by atoms with van der Waals surface area (Å²) in [4.78, 5) is 25.8. The highest BCUT2D eigenvalue weighted by Gasteiger charge is 2.43. The van der Waals surface area contributed by atoms with Crippen LogP contribution in [-0.2, 0) is 20.9 Å². The standard InChI is InChI=1S/C29H38N2O5/c1-19-15-22(16-20(2)21(19)3)26-10-9-24(17-23(26)18-36-25-7-5-6-8-25)30-29(27(32)33)11-13-31(14-12-29)28(34)35-4/h9-10,15-17,25,30H,5-8,11-14,18H2,1-4H3,(H,32,33). The summed E-state index contributed by atoms with van der Waals surface area (Å²) < 4.78 is 11.1. The predicted octanol–water partition coefficient (Wildman–Crippen LogP) is 5.84. The van der Waals surface area contributed by atoms with Gasteiger partial charge in [0.1, 0.15) is 5.54 Å². The van der Waals surface area contributed by atoms with E-state index in [0.717, 1.165) is 35.2 Å². The van der Waals surface area contributed by atoms with Crippen LogP contribution in [0.1, 0.15) is 60.8 Å². The first-order valence-electron chi connectivity index (χ1n) is 12.9. The van der Waals surface area contributed by atoms with Crippen LogP contribution in [0, 0.1) is 20.8 Å². The molecule has 0 radical (unpaired) electrons. The van der Waals surface area contributed by atoms with E-state index in [9.17, 15) is 14.7 Å². The molecule has 0 aromatic heterocycles. The molecule has 1 amide bonds. The molecule has 1 heterocycles. The van der Waals surface area contributed by atoms with Gasteiger partial charge in [-0.15, -0.1) is 0 Å². The van der Waals surface area contributed by atoms with E-state index in [1.54, 1.807) is 4.90 Å². The molecule has 0 spiro atoms. The van der Waals surface area contributed by atoms with Gasteiger partial charge in [0.15, 0.2) is 0 Å². The topological polar surface area (TPSA) is 88.1 Å². The van der Waals surface area contributed by atoms with Gasteiger partial charge in [-0.2, -0.15) is 0 Å². The van der Waals surface area contributed by atoms with Crippen molar-refractivity contribution in [2.24, 2.45) is 0 Å². The summed E-state index contributed by atoms with van der Waals surface area (Å²) >= 11 is 0. The quantitative estimate of drug-likeness (QED) is 0.503. The number of carboxylic acids is 1. The maximum Gasteiger partial charge on any atom is 0.409 e. The summed E-state index contributed by atoms with van der Waals surface area (Å²) in [6.45, 7) is 7.54. The van der Waals surface area contributed by atoms with Crippen LogP contribution in [0.5, 0.6) is 0 Å². The van der Waals surface area contributed by atoms with Crippen molar-refractivity contribution in [3.05, 3.63) is 52.6 Å².